The molecule has 0 aromatic carbocycles. The number of nitrogens with zero attached hydrogens (tertiary/aromatic N) is 1. The van der Waals surface area contributed by atoms with Crippen molar-refractivity contribution in [3.8, 4) is 0 Å². The summed E-state index contributed by atoms with van der Waals surface area (Å²) < 4.78 is 23.1. The molecule has 101 heavy (non-hydrogen) atoms. The summed E-state index contributed by atoms with van der Waals surface area (Å²) in [6.45, 7) is 4.83. The summed E-state index contributed by atoms with van der Waals surface area (Å²) in [6, 6.07) is 0. The zero-order chi connectivity index (χ0) is 73.2. The smallest absolute Gasteiger partial charge is 0.361 e. The Morgan fingerprint density at radius 3 is 0.842 bits per heavy atom. The van der Waals surface area contributed by atoms with Gasteiger partial charge in [-0.3, -0.25) is 9.59 Å². The molecule has 0 bridgehead atoms. The second-order valence-corrected chi connectivity index (χ2v) is 31.2. The van der Waals surface area contributed by atoms with E-state index in [1.807, 2.05) is 21.1 Å². The van der Waals surface area contributed by atoms with Crippen molar-refractivity contribution < 1.29 is 42.9 Å². The predicted molar refractivity (Wildman–Crippen MR) is 438 cm³/mol. The lowest BCUT2D eigenvalue weighted by molar-refractivity contribution is -0.870. The lowest BCUT2D eigenvalue weighted by atomic mass is 10.0. The molecule has 0 aliphatic rings. The monoisotopic (exact) mass is 1420 g/mol. The van der Waals surface area contributed by atoms with Crippen molar-refractivity contribution in [3.05, 3.63) is 72.9 Å². The number of carbonyl (C=O) groups excluding carboxylic acids is 2. The molecule has 0 saturated heterocycles. The summed E-state index contributed by atoms with van der Waals surface area (Å²) in [5.41, 5.74) is 0. The summed E-state index contributed by atoms with van der Waals surface area (Å²) in [6.07, 6.45) is 110. The standard InChI is InChI=1S/C92H169NO8/c1-6-8-10-12-14-16-18-20-22-24-26-28-30-32-34-36-38-40-42-44-45-47-48-50-52-54-56-58-60-62-64-66-68-70-72-74-76-78-80-82-89(94)99-86-88(87-100-92(91(96)97)98-85-84-93(3,4)5)101-90(95)83-81-79-77-75-73-71-69-67-65-63-61-59-57-55-53-51-49-46-43-41-39-37-35-33-31-29-27-25-23-21-19-17-15-13-11-9-7-2/h9,11,15,17-18,20-21,23-24,26-27,29,88,92H,6-8,10,12-14,16,19,22,25,28,30-87H2,1-5H3/p+1/b11-9-,17-15-,20-18-,23-21-,26-24-,29-27-. The molecule has 0 aliphatic heterocycles. The molecule has 590 valence electrons. The SMILES string of the molecule is CC/C=C\C/C=C\C/C=C\C/C=C\CCCCCCCCCCCCCCCCCCCCCCCCCCC(=O)OC(COC(=O)CCCCCCCCCCCCCCCCCCCCCCCCCCCCC/C=C\C/C=C\CCCCCCC)COC(OCC[N+](C)(C)C)C(=O)O. The first kappa shape index (κ1) is 97.7. The Morgan fingerprint density at radius 1 is 0.307 bits per heavy atom. The topological polar surface area (TPSA) is 108 Å². The lowest BCUT2D eigenvalue weighted by Gasteiger charge is -2.25. The number of esters is 2. The van der Waals surface area contributed by atoms with Crippen molar-refractivity contribution in [2.24, 2.45) is 0 Å². The molecule has 9 heteroatoms. The first-order valence-corrected chi connectivity index (χ1v) is 44.1. The number of rotatable bonds is 83. The highest BCUT2D eigenvalue weighted by atomic mass is 16.7. The highest BCUT2D eigenvalue weighted by molar-refractivity contribution is 5.71. The van der Waals surface area contributed by atoms with E-state index in [1.54, 1.807) is 0 Å². The van der Waals surface area contributed by atoms with E-state index in [-0.39, 0.29) is 38.2 Å². The molecular weight excluding hydrogens is 1250 g/mol. The molecule has 2 unspecified atom stereocenters. The molecule has 2 atom stereocenters. The fraction of sp³-hybridized carbons (Fsp3) is 0.837. The van der Waals surface area contributed by atoms with Crippen LogP contribution in [0.5, 0.6) is 0 Å². The Bertz CT molecular complexity index is 1900. The van der Waals surface area contributed by atoms with Gasteiger partial charge in [-0.2, -0.15) is 0 Å². The van der Waals surface area contributed by atoms with Crippen LogP contribution in [0.25, 0.3) is 0 Å². The summed E-state index contributed by atoms with van der Waals surface area (Å²) in [4.78, 5) is 37.8. The van der Waals surface area contributed by atoms with Crippen molar-refractivity contribution in [2.45, 2.75) is 450 Å². The van der Waals surface area contributed by atoms with Gasteiger partial charge in [0.2, 0.25) is 0 Å². The van der Waals surface area contributed by atoms with Gasteiger partial charge in [0.05, 0.1) is 34.4 Å². The highest BCUT2D eigenvalue weighted by Gasteiger charge is 2.25. The van der Waals surface area contributed by atoms with Gasteiger partial charge in [-0.05, 0) is 83.5 Å². The van der Waals surface area contributed by atoms with Crippen LogP contribution in [-0.4, -0.2) is 87.4 Å². The average molecular weight is 1420 g/mol. The second-order valence-electron chi connectivity index (χ2n) is 31.2. The number of likely N-dealkylation sites (N-methyl/N-ethyl adjacent to an activating group) is 1. The Morgan fingerprint density at radius 2 is 0.564 bits per heavy atom. The zero-order valence-corrected chi connectivity index (χ0v) is 67.8. The van der Waals surface area contributed by atoms with Crippen molar-refractivity contribution in [1.82, 2.24) is 0 Å². The van der Waals surface area contributed by atoms with Gasteiger partial charge in [0.1, 0.15) is 13.2 Å². The summed E-state index contributed by atoms with van der Waals surface area (Å²) >= 11 is 0. The van der Waals surface area contributed by atoms with Gasteiger partial charge in [-0.25, -0.2) is 4.79 Å². The van der Waals surface area contributed by atoms with Crippen LogP contribution in [0.15, 0.2) is 72.9 Å². The molecule has 1 N–H and O–H groups in total. The summed E-state index contributed by atoms with van der Waals surface area (Å²) in [7, 11) is 6.00. The van der Waals surface area contributed by atoms with Gasteiger partial charge >= 0.3 is 17.9 Å². The number of carbonyl (C=O) groups is 3. The van der Waals surface area contributed by atoms with Crippen LogP contribution in [0.3, 0.4) is 0 Å². The Hall–Kier alpha value is -3.27. The minimum atomic E-state index is -1.51. The largest absolute Gasteiger partial charge is 0.477 e. The number of unbranched alkanes of at least 4 members (excludes halogenated alkanes) is 56. The molecule has 0 fully saturated rings. The molecule has 0 radical (unpaired) electrons. The predicted octanol–water partition coefficient (Wildman–Crippen LogP) is 28.7. The Labute approximate surface area is 628 Å². The second kappa shape index (κ2) is 82.4. The fourth-order valence-electron chi connectivity index (χ4n) is 13.3. The van der Waals surface area contributed by atoms with Gasteiger partial charge in [0.15, 0.2) is 6.10 Å². The third-order valence-corrected chi connectivity index (χ3v) is 19.9. The number of quaternary nitrogens is 1. The number of ether oxygens (including phenoxy) is 4. The molecule has 0 heterocycles. The van der Waals surface area contributed by atoms with Crippen LogP contribution in [0.4, 0.5) is 0 Å². The molecule has 9 nitrogen and oxygen atoms in total. The van der Waals surface area contributed by atoms with Gasteiger partial charge < -0.3 is 28.5 Å². The van der Waals surface area contributed by atoms with E-state index in [1.165, 1.54) is 340 Å². The van der Waals surface area contributed by atoms with Gasteiger partial charge in [-0.1, -0.05) is 414 Å². The normalized spacial score (nSPS) is 12.9. The highest BCUT2D eigenvalue weighted by Crippen LogP contribution is 2.21. The number of hydrogen-bond donors (Lipinski definition) is 1. The Kier molecular flexibility index (Phi) is 79.7. The van der Waals surface area contributed by atoms with Crippen LogP contribution in [0.1, 0.15) is 438 Å². The van der Waals surface area contributed by atoms with Crippen LogP contribution in [0, 0.1) is 0 Å². The maximum atomic E-state index is 13.0. The molecule has 0 aromatic heterocycles. The Balaban J connectivity index is 3.91. The molecule has 0 aliphatic carbocycles. The van der Waals surface area contributed by atoms with E-state index in [0.717, 1.165) is 70.6 Å². The number of carboxylic acid groups (broad SMARTS) is 1. The number of aliphatic carboxylic acids is 1. The molecular formula is C92H170NO8+. The van der Waals surface area contributed by atoms with E-state index in [9.17, 15) is 19.5 Å². The first-order chi connectivity index (χ1) is 49.6. The fourth-order valence-corrected chi connectivity index (χ4v) is 13.3. The summed E-state index contributed by atoms with van der Waals surface area (Å²) in [5, 5.41) is 9.79. The van der Waals surface area contributed by atoms with Gasteiger partial charge in [-0.15, -0.1) is 0 Å². The van der Waals surface area contributed by atoms with Gasteiger partial charge in [0, 0.05) is 12.8 Å². The minimum Gasteiger partial charge on any atom is -0.477 e. The molecule has 0 rings (SSSR count). The van der Waals surface area contributed by atoms with E-state index in [0.29, 0.717) is 17.4 Å². The molecule has 0 aromatic rings. The molecule has 0 saturated carbocycles. The minimum absolute atomic E-state index is 0.176. The first-order valence-electron chi connectivity index (χ1n) is 44.1. The number of hydrogen-bond acceptors (Lipinski definition) is 7. The van der Waals surface area contributed by atoms with E-state index in [4.69, 9.17) is 18.9 Å². The van der Waals surface area contributed by atoms with Crippen LogP contribution >= 0.6 is 0 Å². The quantitative estimate of drug-likeness (QED) is 0.0211. The van der Waals surface area contributed by atoms with Crippen molar-refractivity contribution in [3.63, 3.8) is 0 Å². The number of carboxylic acids is 1. The van der Waals surface area contributed by atoms with E-state index >= 15 is 0 Å². The number of allylic oxidation sites excluding steroid dienone is 12. The van der Waals surface area contributed by atoms with Gasteiger partial charge in [0.25, 0.3) is 6.29 Å². The third kappa shape index (κ3) is 83.9. The average Bonchev–Trinajstić information content (AvgIpc) is 1.25. The zero-order valence-electron chi connectivity index (χ0n) is 67.8. The van der Waals surface area contributed by atoms with Crippen LogP contribution < -0.4 is 0 Å². The maximum Gasteiger partial charge on any atom is 0.361 e. The van der Waals surface area contributed by atoms with Crippen LogP contribution in [-0.2, 0) is 33.3 Å². The lowest BCUT2D eigenvalue weighted by Crippen LogP contribution is -2.40. The van der Waals surface area contributed by atoms with Crippen molar-refractivity contribution in [2.75, 3.05) is 47.5 Å². The third-order valence-electron chi connectivity index (χ3n) is 19.9. The van der Waals surface area contributed by atoms with E-state index < -0.39 is 18.4 Å². The van der Waals surface area contributed by atoms with Crippen molar-refractivity contribution >= 4 is 17.9 Å². The molecule has 0 spiro atoms. The van der Waals surface area contributed by atoms with Crippen LogP contribution in [0.2, 0.25) is 0 Å². The molecule has 0 amide bonds. The van der Waals surface area contributed by atoms with E-state index in [2.05, 4.69) is 86.8 Å². The summed E-state index contributed by atoms with van der Waals surface area (Å²) in [5.74, 6) is -1.97. The van der Waals surface area contributed by atoms with Crippen molar-refractivity contribution in [1.29, 1.82) is 0 Å². The maximum absolute atomic E-state index is 13.0.